The molecule has 180 valence electrons. The maximum absolute atomic E-state index is 13.8. The molecule has 7 heteroatoms. The number of fused-ring (bicyclic) bond motifs is 1. The molecule has 4 aromatic rings. The Hall–Kier alpha value is -3.58. The lowest BCUT2D eigenvalue weighted by atomic mass is 10.1. The summed E-state index contributed by atoms with van der Waals surface area (Å²) in [6.45, 7) is 6.83. The standard InChI is InChI=1S/C28H29N3O3S/c1-20-8-11-22(12-9-20)35(32,33)27-19-29-24-13-10-21(2)18-23(24)28(27)31-16-14-30(15-17-31)25-6-4-5-7-26(25)34-3/h4-13,18-19H,14-17H2,1-3H3. The molecule has 1 saturated heterocycles. The van der Waals surface area contributed by atoms with Gasteiger partial charge in [0, 0.05) is 37.8 Å². The Kier molecular flexibility index (Phi) is 6.11. The number of aryl methyl sites for hydroxylation is 2. The molecule has 0 atom stereocenters. The maximum Gasteiger partial charge on any atom is 0.210 e. The third-order valence-electron chi connectivity index (χ3n) is 6.60. The second-order valence-electron chi connectivity index (χ2n) is 8.95. The summed E-state index contributed by atoms with van der Waals surface area (Å²) >= 11 is 0. The van der Waals surface area contributed by atoms with Crippen molar-refractivity contribution in [1.82, 2.24) is 4.98 Å². The quantitative estimate of drug-likeness (QED) is 0.394. The molecule has 0 saturated carbocycles. The first-order valence-electron chi connectivity index (χ1n) is 11.7. The lowest BCUT2D eigenvalue weighted by molar-refractivity contribution is 0.413. The second-order valence-corrected chi connectivity index (χ2v) is 10.9. The summed E-state index contributed by atoms with van der Waals surface area (Å²) in [5.41, 5.74) is 4.67. The highest BCUT2D eigenvalue weighted by molar-refractivity contribution is 7.91. The van der Waals surface area contributed by atoms with E-state index in [1.165, 1.54) is 6.20 Å². The van der Waals surface area contributed by atoms with Crippen LogP contribution in [0.15, 0.2) is 82.7 Å². The molecule has 1 aromatic heterocycles. The van der Waals surface area contributed by atoms with Gasteiger partial charge in [0.25, 0.3) is 0 Å². The van der Waals surface area contributed by atoms with Crippen molar-refractivity contribution in [3.05, 3.63) is 84.1 Å². The van der Waals surface area contributed by atoms with E-state index >= 15 is 0 Å². The predicted octanol–water partition coefficient (Wildman–Crippen LogP) is 5.02. The fraction of sp³-hybridized carbons (Fsp3) is 0.250. The molecular formula is C28H29N3O3S. The van der Waals surface area contributed by atoms with Crippen LogP contribution in [0.3, 0.4) is 0 Å². The Bertz CT molecular complexity index is 1480. The zero-order chi connectivity index (χ0) is 24.6. The van der Waals surface area contributed by atoms with Crippen LogP contribution in [0.4, 0.5) is 11.4 Å². The van der Waals surface area contributed by atoms with Crippen molar-refractivity contribution in [3.63, 3.8) is 0 Å². The summed E-state index contributed by atoms with van der Waals surface area (Å²) < 4.78 is 33.2. The van der Waals surface area contributed by atoms with Gasteiger partial charge in [-0.1, -0.05) is 41.5 Å². The molecule has 3 aromatic carbocycles. The first-order valence-corrected chi connectivity index (χ1v) is 13.2. The second kappa shape index (κ2) is 9.23. The summed E-state index contributed by atoms with van der Waals surface area (Å²) in [6.07, 6.45) is 1.52. The number of sulfone groups is 1. The van der Waals surface area contributed by atoms with E-state index in [-0.39, 0.29) is 9.79 Å². The molecule has 1 aliphatic heterocycles. The van der Waals surface area contributed by atoms with Crippen molar-refractivity contribution < 1.29 is 13.2 Å². The minimum absolute atomic E-state index is 0.255. The highest BCUT2D eigenvalue weighted by Gasteiger charge is 2.29. The van der Waals surface area contributed by atoms with Gasteiger partial charge in [0.2, 0.25) is 9.84 Å². The smallest absolute Gasteiger partial charge is 0.210 e. The zero-order valence-corrected chi connectivity index (χ0v) is 21.0. The maximum atomic E-state index is 13.8. The van der Waals surface area contributed by atoms with Crippen molar-refractivity contribution in [3.8, 4) is 5.75 Å². The fourth-order valence-corrected chi connectivity index (χ4v) is 6.14. The van der Waals surface area contributed by atoms with Crippen molar-refractivity contribution in [1.29, 1.82) is 0 Å². The monoisotopic (exact) mass is 487 g/mol. The number of hydrogen-bond donors (Lipinski definition) is 0. The highest BCUT2D eigenvalue weighted by atomic mass is 32.2. The van der Waals surface area contributed by atoms with Crippen LogP contribution in [0.1, 0.15) is 11.1 Å². The van der Waals surface area contributed by atoms with Crippen LogP contribution in [-0.4, -0.2) is 46.7 Å². The Labute approximate surface area is 206 Å². The molecule has 0 N–H and O–H groups in total. The molecule has 0 spiro atoms. The van der Waals surface area contributed by atoms with E-state index < -0.39 is 9.84 Å². The van der Waals surface area contributed by atoms with Gasteiger partial charge in [-0.05, 0) is 50.2 Å². The molecule has 0 aliphatic carbocycles. The van der Waals surface area contributed by atoms with Crippen LogP contribution >= 0.6 is 0 Å². The minimum Gasteiger partial charge on any atom is -0.495 e. The molecule has 0 bridgehead atoms. The van der Waals surface area contributed by atoms with Gasteiger partial charge >= 0.3 is 0 Å². The fourth-order valence-electron chi connectivity index (χ4n) is 4.70. The molecule has 0 amide bonds. The first-order chi connectivity index (χ1) is 16.9. The van der Waals surface area contributed by atoms with Crippen LogP contribution in [0.2, 0.25) is 0 Å². The molecule has 5 rings (SSSR count). The molecule has 1 fully saturated rings. The van der Waals surface area contributed by atoms with Crippen LogP contribution in [-0.2, 0) is 9.84 Å². The lowest BCUT2D eigenvalue weighted by Gasteiger charge is -2.38. The van der Waals surface area contributed by atoms with E-state index in [9.17, 15) is 8.42 Å². The van der Waals surface area contributed by atoms with Crippen LogP contribution in [0, 0.1) is 13.8 Å². The topological polar surface area (TPSA) is 62.7 Å². The number of benzene rings is 3. The Morgan fingerprint density at radius 1 is 0.829 bits per heavy atom. The summed E-state index contributed by atoms with van der Waals surface area (Å²) in [7, 11) is -2.07. The summed E-state index contributed by atoms with van der Waals surface area (Å²) in [4.78, 5) is 9.56. The van der Waals surface area contributed by atoms with Gasteiger partial charge in [-0.25, -0.2) is 8.42 Å². The van der Waals surface area contributed by atoms with E-state index in [0.717, 1.165) is 52.2 Å². The number of methoxy groups -OCH3 is 1. The van der Waals surface area contributed by atoms with Gasteiger partial charge in [-0.2, -0.15) is 0 Å². The zero-order valence-electron chi connectivity index (χ0n) is 20.2. The van der Waals surface area contributed by atoms with Gasteiger partial charge in [0.05, 0.1) is 28.9 Å². The molecule has 6 nitrogen and oxygen atoms in total. The molecule has 0 radical (unpaired) electrons. The molecular weight excluding hydrogens is 458 g/mol. The van der Waals surface area contributed by atoms with Gasteiger partial charge < -0.3 is 14.5 Å². The number of hydrogen-bond acceptors (Lipinski definition) is 6. The van der Waals surface area contributed by atoms with E-state index in [0.29, 0.717) is 13.1 Å². The minimum atomic E-state index is -3.75. The normalized spacial score (nSPS) is 14.4. The molecule has 35 heavy (non-hydrogen) atoms. The first kappa shape index (κ1) is 23.2. The van der Waals surface area contributed by atoms with Gasteiger partial charge in [0.1, 0.15) is 10.6 Å². The highest BCUT2D eigenvalue weighted by Crippen LogP contribution is 2.37. The molecule has 0 unspecified atom stereocenters. The van der Waals surface area contributed by atoms with Crippen LogP contribution in [0.5, 0.6) is 5.75 Å². The van der Waals surface area contributed by atoms with Gasteiger partial charge in [-0.3, -0.25) is 4.98 Å². The van der Waals surface area contributed by atoms with Gasteiger partial charge in [0.15, 0.2) is 0 Å². The Morgan fingerprint density at radius 3 is 2.20 bits per heavy atom. The number of rotatable bonds is 5. The Morgan fingerprint density at radius 2 is 1.49 bits per heavy atom. The molecule has 1 aliphatic rings. The summed E-state index contributed by atoms with van der Waals surface area (Å²) in [5, 5.41) is 0.865. The van der Waals surface area contributed by atoms with Crippen molar-refractivity contribution in [2.24, 2.45) is 0 Å². The van der Waals surface area contributed by atoms with E-state index in [2.05, 4.69) is 20.9 Å². The van der Waals surface area contributed by atoms with Crippen LogP contribution in [0.25, 0.3) is 10.9 Å². The number of aromatic nitrogens is 1. The number of nitrogens with zero attached hydrogens (tertiary/aromatic N) is 3. The largest absolute Gasteiger partial charge is 0.495 e. The Balaban J connectivity index is 1.57. The SMILES string of the molecule is COc1ccccc1N1CCN(c2c(S(=O)(=O)c3ccc(C)cc3)cnc3ccc(C)cc23)CC1. The van der Waals surface area contributed by atoms with Crippen molar-refractivity contribution in [2.45, 2.75) is 23.6 Å². The van der Waals surface area contributed by atoms with Crippen molar-refractivity contribution in [2.75, 3.05) is 43.1 Å². The van der Waals surface area contributed by atoms with E-state index in [1.54, 1.807) is 19.2 Å². The average molecular weight is 488 g/mol. The van der Waals surface area contributed by atoms with Crippen LogP contribution < -0.4 is 14.5 Å². The lowest BCUT2D eigenvalue weighted by Crippen LogP contribution is -2.47. The van der Waals surface area contributed by atoms with E-state index in [4.69, 9.17) is 4.74 Å². The van der Waals surface area contributed by atoms with Crippen molar-refractivity contribution >= 4 is 32.1 Å². The number of ether oxygens (including phenoxy) is 1. The number of para-hydroxylation sites is 2. The summed E-state index contributed by atoms with van der Waals surface area (Å²) in [5.74, 6) is 0.841. The average Bonchev–Trinajstić information content (AvgIpc) is 2.88. The predicted molar refractivity (Wildman–Crippen MR) is 141 cm³/mol. The van der Waals surface area contributed by atoms with E-state index in [1.807, 2.05) is 62.4 Å². The third-order valence-corrected chi connectivity index (χ3v) is 8.37. The third kappa shape index (κ3) is 4.32. The van der Waals surface area contributed by atoms with Gasteiger partial charge in [-0.15, -0.1) is 0 Å². The number of piperazine rings is 1. The molecule has 2 heterocycles. The number of pyridine rings is 1. The summed E-state index contributed by atoms with van der Waals surface area (Å²) in [6, 6.07) is 21.0. The number of anilines is 2.